The number of fused-ring (bicyclic) bond motifs is 5. The quantitative estimate of drug-likeness (QED) is 0.488. The van der Waals surface area contributed by atoms with Crippen molar-refractivity contribution < 1.29 is 23.5 Å². The van der Waals surface area contributed by atoms with Crippen molar-refractivity contribution in [3.05, 3.63) is 95.3 Å². The second-order valence-corrected chi connectivity index (χ2v) is 9.99. The highest BCUT2D eigenvalue weighted by molar-refractivity contribution is 5.84. The third-order valence-corrected chi connectivity index (χ3v) is 7.81. The molecule has 0 radical (unpaired) electrons. The highest BCUT2D eigenvalue weighted by Gasteiger charge is 2.44. The summed E-state index contributed by atoms with van der Waals surface area (Å²) in [5.74, 6) is -0.321. The van der Waals surface area contributed by atoms with E-state index < -0.39 is 0 Å². The minimum Gasteiger partial charge on any atom is -0.448 e. The number of hydrogen-bond donors (Lipinski definition) is 0. The van der Waals surface area contributed by atoms with Crippen LogP contribution in [0.1, 0.15) is 35.4 Å². The summed E-state index contributed by atoms with van der Waals surface area (Å²) in [6.45, 7) is 1.08. The van der Waals surface area contributed by atoms with Gasteiger partial charge in [-0.05, 0) is 52.8 Å². The van der Waals surface area contributed by atoms with Gasteiger partial charge in [-0.1, -0.05) is 60.7 Å². The molecule has 0 saturated carbocycles. The van der Waals surface area contributed by atoms with Gasteiger partial charge in [-0.15, -0.1) is 0 Å². The predicted molar refractivity (Wildman–Crippen MR) is 133 cm³/mol. The molecule has 5 nitrogen and oxygen atoms in total. The lowest BCUT2D eigenvalue weighted by Gasteiger charge is -2.47. The van der Waals surface area contributed by atoms with E-state index in [-0.39, 0.29) is 54.6 Å². The molecule has 1 amide bonds. The molecule has 6 heteroatoms. The number of ether oxygens (including phenoxy) is 2. The highest BCUT2D eigenvalue weighted by Crippen LogP contribution is 2.44. The molecule has 6 rings (SSSR count). The van der Waals surface area contributed by atoms with Crippen LogP contribution >= 0.6 is 0 Å². The van der Waals surface area contributed by atoms with Gasteiger partial charge in [0.25, 0.3) is 0 Å². The number of carbonyl (C=O) groups excluding carboxylic acids is 2. The van der Waals surface area contributed by atoms with Gasteiger partial charge in [-0.25, -0.2) is 9.18 Å². The maximum absolute atomic E-state index is 13.3. The van der Waals surface area contributed by atoms with Crippen molar-refractivity contribution in [3.8, 4) is 11.1 Å². The smallest absolute Gasteiger partial charge is 0.410 e. The molecule has 3 aromatic carbocycles. The molecular weight excluding hydrogens is 457 g/mol. The first-order chi connectivity index (χ1) is 17.6. The number of amides is 1. The molecular formula is C30H28FNO4. The van der Waals surface area contributed by atoms with E-state index in [0.717, 1.165) is 5.56 Å². The van der Waals surface area contributed by atoms with Crippen molar-refractivity contribution in [2.45, 2.75) is 37.3 Å². The zero-order valence-electron chi connectivity index (χ0n) is 19.9. The van der Waals surface area contributed by atoms with Crippen LogP contribution in [0.5, 0.6) is 0 Å². The average Bonchev–Trinajstić information content (AvgIpc) is 3.21. The molecule has 2 saturated heterocycles. The van der Waals surface area contributed by atoms with Gasteiger partial charge in [0.05, 0.1) is 25.3 Å². The van der Waals surface area contributed by atoms with Crippen molar-refractivity contribution in [2.24, 2.45) is 5.92 Å². The predicted octanol–water partition coefficient (Wildman–Crippen LogP) is 5.37. The molecule has 2 aliphatic heterocycles. The van der Waals surface area contributed by atoms with Gasteiger partial charge in [0.15, 0.2) is 0 Å². The Morgan fingerprint density at radius 2 is 1.44 bits per heavy atom. The fourth-order valence-electron chi connectivity index (χ4n) is 6.09. The maximum atomic E-state index is 13.3. The first-order valence-electron chi connectivity index (χ1n) is 12.6. The largest absolute Gasteiger partial charge is 0.448 e. The van der Waals surface area contributed by atoms with E-state index in [1.807, 2.05) is 24.3 Å². The third-order valence-electron chi connectivity index (χ3n) is 7.81. The minimum atomic E-state index is -0.334. The summed E-state index contributed by atoms with van der Waals surface area (Å²) in [5, 5.41) is 0. The lowest BCUT2D eigenvalue weighted by Crippen LogP contribution is -2.60. The number of Topliss-reactive ketones (excluding diaryl/α,β-unsaturated/α-hetero) is 1. The van der Waals surface area contributed by atoms with Gasteiger partial charge in [-0.3, -0.25) is 9.69 Å². The minimum absolute atomic E-state index is 0.00673. The van der Waals surface area contributed by atoms with E-state index in [4.69, 9.17) is 9.47 Å². The molecule has 2 atom stereocenters. The van der Waals surface area contributed by atoms with E-state index >= 15 is 0 Å². The first kappa shape index (κ1) is 22.9. The molecule has 36 heavy (non-hydrogen) atoms. The summed E-state index contributed by atoms with van der Waals surface area (Å²) < 4.78 is 24.9. The van der Waals surface area contributed by atoms with E-state index in [0.29, 0.717) is 26.1 Å². The standard InChI is InChI=1S/C30H28FNO4/c31-21-11-9-19(10-12-21)13-29(33)20-14-22-16-35-17-23(15-20)32(22)30(34)36-18-28-26-7-3-1-5-24(26)25-6-2-4-8-27(25)28/h1-12,20,22-23,28H,13-18H2. The van der Waals surface area contributed by atoms with Crippen LogP contribution in [0, 0.1) is 11.7 Å². The Bertz CT molecular complexity index is 1230. The Hall–Kier alpha value is -3.51. The molecule has 0 aromatic heterocycles. The first-order valence-corrected chi connectivity index (χ1v) is 12.6. The van der Waals surface area contributed by atoms with Crippen molar-refractivity contribution >= 4 is 11.9 Å². The van der Waals surface area contributed by atoms with Gasteiger partial charge in [-0.2, -0.15) is 0 Å². The highest BCUT2D eigenvalue weighted by atomic mass is 19.1. The molecule has 3 aromatic rings. The van der Waals surface area contributed by atoms with Gasteiger partial charge in [0.1, 0.15) is 18.2 Å². The van der Waals surface area contributed by atoms with Crippen LogP contribution in [-0.4, -0.2) is 48.7 Å². The summed E-state index contributed by atoms with van der Waals surface area (Å²) in [6.07, 6.45) is 1.05. The number of ketones is 1. The molecule has 184 valence electrons. The number of halogens is 1. The van der Waals surface area contributed by atoms with Crippen LogP contribution in [0.15, 0.2) is 72.8 Å². The maximum Gasteiger partial charge on any atom is 0.410 e. The van der Waals surface area contributed by atoms with Gasteiger partial charge in [0.2, 0.25) is 0 Å². The van der Waals surface area contributed by atoms with Crippen LogP contribution < -0.4 is 0 Å². The van der Waals surface area contributed by atoms with Crippen LogP contribution in [0.4, 0.5) is 9.18 Å². The number of nitrogens with zero attached hydrogens (tertiary/aromatic N) is 1. The van der Waals surface area contributed by atoms with E-state index in [9.17, 15) is 14.0 Å². The van der Waals surface area contributed by atoms with Crippen molar-refractivity contribution in [2.75, 3.05) is 19.8 Å². The van der Waals surface area contributed by atoms with Crippen LogP contribution in [0.2, 0.25) is 0 Å². The molecule has 1 aliphatic carbocycles. The number of rotatable bonds is 5. The lowest BCUT2D eigenvalue weighted by atomic mass is 9.81. The van der Waals surface area contributed by atoms with Gasteiger partial charge in [0, 0.05) is 18.3 Å². The van der Waals surface area contributed by atoms with Gasteiger partial charge >= 0.3 is 6.09 Å². The van der Waals surface area contributed by atoms with E-state index in [1.54, 1.807) is 17.0 Å². The molecule has 2 fully saturated rings. The number of piperidine rings is 1. The number of hydrogen-bond acceptors (Lipinski definition) is 4. The average molecular weight is 486 g/mol. The van der Waals surface area contributed by atoms with Crippen LogP contribution in [-0.2, 0) is 20.7 Å². The monoisotopic (exact) mass is 485 g/mol. The Balaban J connectivity index is 1.13. The summed E-state index contributed by atoms with van der Waals surface area (Å²) in [6, 6.07) is 22.3. The second-order valence-electron chi connectivity index (χ2n) is 9.99. The van der Waals surface area contributed by atoms with Crippen molar-refractivity contribution in [1.29, 1.82) is 0 Å². The Labute approximate surface area is 209 Å². The van der Waals surface area contributed by atoms with Gasteiger partial charge < -0.3 is 9.47 Å². The summed E-state index contributed by atoms with van der Waals surface area (Å²) in [5.41, 5.74) is 5.56. The Morgan fingerprint density at radius 3 is 2.06 bits per heavy atom. The molecule has 0 N–H and O–H groups in total. The van der Waals surface area contributed by atoms with Crippen molar-refractivity contribution in [3.63, 3.8) is 0 Å². The van der Waals surface area contributed by atoms with E-state index in [1.165, 1.54) is 34.4 Å². The normalized spacial score (nSPS) is 22.6. The Morgan fingerprint density at radius 1 is 0.861 bits per heavy atom. The zero-order valence-corrected chi connectivity index (χ0v) is 19.9. The molecule has 3 aliphatic rings. The van der Waals surface area contributed by atoms with E-state index in [2.05, 4.69) is 24.3 Å². The summed E-state index contributed by atoms with van der Waals surface area (Å²) >= 11 is 0. The number of benzene rings is 3. The third kappa shape index (κ3) is 4.20. The molecule has 2 heterocycles. The van der Waals surface area contributed by atoms with Crippen LogP contribution in [0.3, 0.4) is 0 Å². The summed E-state index contributed by atoms with van der Waals surface area (Å²) in [7, 11) is 0. The molecule has 2 bridgehead atoms. The second kappa shape index (κ2) is 9.51. The lowest BCUT2D eigenvalue weighted by molar-refractivity contribution is -0.130. The van der Waals surface area contributed by atoms with Crippen molar-refractivity contribution in [1.82, 2.24) is 4.90 Å². The molecule has 2 unspecified atom stereocenters. The number of morpholine rings is 1. The SMILES string of the molecule is O=C(Cc1ccc(F)cc1)C1CC2COCC(C1)N2C(=O)OCC1c2ccccc2-c2ccccc21. The fourth-order valence-corrected chi connectivity index (χ4v) is 6.09. The Kier molecular flexibility index (Phi) is 6.05. The number of carbonyl (C=O) groups is 2. The fraction of sp³-hybridized carbons (Fsp3) is 0.333. The topological polar surface area (TPSA) is 55.8 Å². The summed E-state index contributed by atoms with van der Waals surface area (Å²) in [4.78, 5) is 28.1. The van der Waals surface area contributed by atoms with Crippen LogP contribution in [0.25, 0.3) is 11.1 Å². The molecule has 0 spiro atoms. The zero-order chi connectivity index (χ0) is 24.6.